The third-order valence-electron chi connectivity index (χ3n) is 8.36. The molecule has 10 heteroatoms. The van der Waals surface area contributed by atoms with Crippen LogP contribution >= 0.6 is 0 Å². The third-order valence-corrected chi connectivity index (χ3v) is 8.36. The van der Waals surface area contributed by atoms with Crippen molar-refractivity contribution >= 4 is 12.4 Å². The molecule has 1 aliphatic rings. The van der Waals surface area contributed by atoms with E-state index in [0.29, 0.717) is 45.3 Å². The Hall–Kier alpha value is -1.94. The van der Waals surface area contributed by atoms with Crippen molar-refractivity contribution in [2.24, 2.45) is 0 Å². The van der Waals surface area contributed by atoms with Gasteiger partial charge in [0.1, 0.15) is 0 Å². The monoisotopic (exact) mass is 597 g/mol. The maximum absolute atomic E-state index is 12.9. The number of carbonyl (C=O) groups excluding carboxylic acids is 2. The second-order valence-corrected chi connectivity index (χ2v) is 12.4. The Morgan fingerprint density at radius 3 is 1.95 bits per heavy atom. The van der Waals surface area contributed by atoms with Crippen LogP contribution in [-0.4, -0.2) is 91.2 Å². The van der Waals surface area contributed by atoms with E-state index in [9.17, 15) is 19.7 Å². The highest BCUT2D eigenvalue weighted by molar-refractivity contribution is 5.74. The van der Waals surface area contributed by atoms with Crippen molar-refractivity contribution in [3.8, 4) is 0 Å². The topological polar surface area (TPSA) is 108 Å². The molecule has 0 aromatic heterocycles. The molecule has 1 fully saturated rings. The van der Waals surface area contributed by atoms with Crippen LogP contribution in [0, 0.1) is 10.1 Å². The summed E-state index contributed by atoms with van der Waals surface area (Å²) in [7, 11) is 3.95. The second-order valence-electron chi connectivity index (χ2n) is 12.4. The van der Waals surface area contributed by atoms with Gasteiger partial charge < -0.3 is 15.1 Å². The van der Waals surface area contributed by atoms with Crippen molar-refractivity contribution < 1.29 is 19.3 Å². The van der Waals surface area contributed by atoms with Crippen molar-refractivity contribution in [3.63, 3.8) is 0 Å². The average molecular weight is 598 g/mol. The first-order valence-corrected chi connectivity index (χ1v) is 17.1. The van der Waals surface area contributed by atoms with Crippen molar-refractivity contribution in [2.75, 3.05) is 46.9 Å². The number of amides is 3. The van der Waals surface area contributed by atoms with Crippen molar-refractivity contribution in [2.45, 2.75) is 147 Å². The Morgan fingerprint density at radius 1 is 0.905 bits per heavy atom. The Bertz CT molecular complexity index is 696. The number of likely N-dealkylation sites (tertiary alicyclic amines) is 1. The summed E-state index contributed by atoms with van der Waals surface area (Å²) >= 11 is 0. The number of unbranched alkanes of at least 4 members (excludes halogenated alkanes) is 15. The predicted molar refractivity (Wildman–Crippen MR) is 170 cm³/mol. The maximum atomic E-state index is 12.9. The number of nitrogens with one attached hydrogen (secondary N) is 1. The molecule has 2 atom stereocenters. The van der Waals surface area contributed by atoms with E-state index in [2.05, 4.69) is 12.2 Å². The summed E-state index contributed by atoms with van der Waals surface area (Å²) in [5.74, 6) is 0. The molecular weight excluding hydrogens is 534 g/mol. The number of hydrogen-bond acceptors (Lipinski definition) is 6. The molecule has 0 aliphatic carbocycles. The number of carbonyl (C=O) groups is 2. The van der Waals surface area contributed by atoms with E-state index in [1.54, 1.807) is 4.90 Å². The highest BCUT2D eigenvalue weighted by Crippen LogP contribution is 2.22. The van der Waals surface area contributed by atoms with Gasteiger partial charge in [-0.1, -0.05) is 103 Å². The first kappa shape index (κ1) is 38.1. The van der Waals surface area contributed by atoms with Crippen molar-refractivity contribution in [1.82, 2.24) is 20.2 Å². The molecule has 0 spiro atoms. The fraction of sp³-hybridized carbons (Fsp3) is 0.938. The minimum absolute atomic E-state index is 0.152. The molecule has 0 aromatic carbocycles. The van der Waals surface area contributed by atoms with Crippen LogP contribution in [0.2, 0.25) is 0 Å². The Labute approximate surface area is 256 Å². The fourth-order valence-corrected chi connectivity index (χ4v) is 5.73. The van der Waals surface area contributed by atoms with Crippen LogP contribution in [-0.2, 0) is 9.63 Å². The normalized spacial score (nSPS) is 17.0. The van der Waals surface area contributed by atoms with Crippen LogP contribution in [0.25, 0.3) is 0 Å². The zero-order chi connectivity index (χ0) is 30.8. The second kappa shape index (κ2) is 25.5. The van der Waals surface area contributed by atoms with Gasteiger partial charge in [-0.25, -0.2) is 9.86 Å². The van der Waals surface area contributed by atoms with E-state index in [4.69, 9.17) is 4.84 Å². The number of rotatable bonds is 27. The average Bonchev–Trinajstić information content (AvgIpc) is 2.97. The first-order valence-electron chi connectivity index (χ1n) is 17.1. The van der Waals surface area contributed by atoms with E-state index in [-0.39, 0.29) is 23.6 Å². The van der Waals surface area contributed by atoms with Gasteiger partial charge in [0.15, 0.2) is 0 Å². The number of nitrogens with zero attached hydrogens (tertiary/aromatic N) is 4. The van der Waals surface area contributed by atoms with Crippen LogP contribution in [0.4, 0.5) is 4.79 Å². The number of nitro groups is 1. The van der Waals surface area contributed by atoms with E-state index in [1.807, 2.05) is 19.0 Å². The van der Waals surface area contributed by atoms with Crippen LogP contribution in [0.5, 0.6) is 0 Å². The third kappa shape index (κ3) is 19.3. The van der Waals surface area contributed by atoms with Gasteiger partial charge in [-0.2, -0.15) is 0 Å². The van der Waals surface area contributed by atoms with Crippen molar-refractivity contribution in [3.05, 3.63) is 10.1 Å². The lowest BCUT2D eigenvalue weighted by atomic mass is 9.96. The predicted octanol–water partition coefficient (Wildman–Crippen LogP) is 6.80. The van der Waals surface area contributed by atoms with E-state index in [1.165, 1.54) is 95.0 Å². The number of hydrogen-bond donors (Lipinski definition) is 1. The van der Waals surface area contributed by atoms with Crippen LogP contribution < -0.4 is 5.32 Å². The van der Waals surface area contributed by atoms with Crippen LogP contribution in [0.15, 0.2) is 0 Å². The van der Waals surface area contributed by atoms with Crippen molar-refractivity contribution in [1.29, 1.82) is 0 Å². The molecule has 0 saturated carbocycles. The van der Waals surface area contributed by atoms with Crippen LogP contribution in [0.3, 0.4) is 0 Å². The van der Waals surface area contributed by atoms with Gasteiger partial charge in [-0.15, -0.1) is 0 Å². The summed E-state index contributed by atoms with van der Waals surface area (Å²) < 4.78 is 0. The lowest BCUT2D eigenvalue weighted by Crippen LogP contribution is -2.53. The quantitative estimate of drug-likeness (QED) is 0.0483. The molecule has 1 N–H and O–H groups in total. The Morgan fingerprint density at radius 2 is 1.45 bits per heavy atom. The molecule has 1 saturated heterocycles. The van der Waals surface area contributed by atoms with E-state index in [0.717, 1.165) is 25.8 Å². The summed E-state index contributed by atoms with van der Waals surface area (Å²) in [6.07, 6.45) is 23.6. The molecule has 42 heavy (non-hydrogen) atoms. The molecular formula is C32H63N5O5. The molecule has 10 nitrogen and oxygen atoms in total. The van der Waals surface area contributed by atoms with Gasteiger partial charge in [-0.3, -0.25) is 19.7 Å². The molecule has 0 bridgehead atoms. The Balaban J connectivity index is 2.18. The summed E-state index contributed by atoms with van der Waals surface area (Å²) in [6, 6.07) is -1.09. The number of piperidine rings is 1. The van der Waals surface area contributed by atoms with Crippen LogP contribution in [0.1, 0.15) is 135 Å². The summed E-state index contributed by atoms with van der Waals surface area (Å²) in [5, 5.41) is 15.7. The van der Waals surface area contributed by atoms with E-state index < -0.39 is 6.04 Å². The highest BCUT2D eigenvalue weighted by atomic mass is 16.7. The van der Waals surface area contributed by atoms with Gasteiger partial charge in [0, 0.05) is 43.4 Å². The molecule has 2 unspecified atom stereocenters. The molecule has 1 heterocycles. The number of hydroxylamine groups is 2. The largest absolute Gasteiger partial charge is 0.338 e. The highest BCUT2D eigenvalue weighted by Gasteiger charge is 2.36. The molecule has 0 radical (unpaired) electrons. The molecule has 246 valence electrons. The zero-order valence-corrected chi connectivity index (χ0v) is 27.2. The lowest BCUT2D eigenvalue weighted by molar-refractivity contribution is -0.528. The first-order chi connectivity index (χ1) is 20.4. The maximum Gasteiger partial charge on any atom is 0.317 e. The summed E-state index contributed by atoms with van der Waals surface area (Å²) in [6.45, 7) is 4.81. The zero-order valence-electron chi connectivity index (χ0n) is 27.2. The van der Waals surface area contributed by atoms with Gasteiger partial charge in [0.25, 0.3) is 0 Å². The minimum atomic E-state index is -0.651. The minimum Gasteiger partial charge on any atom is -0.338 e. The fourth-order valence-electron chi connectivity index (χ4n) is 5.73. The number of urea groups is 1. The SMILES string of the molecule is CCCCCCCCCCCCCCCCCCNC(=O)N1CCC([N+](=O)[O-])CC1CCON(C=O)CCCN(C)C. The summed E-state index contributed by atoms with van der Waals surface area (Å²) in [5.41, 5.74) is 0. The van der Waals surface area contributed by atoms with E-state index >= 15 is 0 Å². The van der Waals surface area contributed by atoms with Gasteiger partial charge >= 0.3 is 6.03 Å². The smallest absolute Gasteiger partial charge is 0.317 e. The lowest BCUT2D eigenvalue weighted by Gasteiger charge is -2.36. The molecule has 1 aliphatic heterocycles. The molecule has 0 aromatic rings. The molecule has 3 amide bonds. The Kier molecular flexibility index (Phi) is 23.2. The van der Waals surface area contributed by atoms with Gasteiger partial charge in [0.05, 0.1) is 6.61 Å². The molecule has 1 rings (SSSR count). The standard InChI is InChI=1S/C32H63N5O5/c1-4-5-6-7-8-9-10-11-12-13-14-15-16-17-18-19-23-33-32(39)36-26-21-31(37(40)41)28-30(36)22-27-42-35(29-38)25-20-24-34(2)3/h29-31H,4-28H2,1-3H3,(H,33,39). The van der Waals surface area contributed by atoms with Gasteiger partial charge in [0.2, 0.25) is 12.5 Å². The summed E-state index contributed by atoms with van der Waals surface area (Å²) in [4.78, 5) is 44.8. The van der Waals surface area contributed by atoms with Gasteiger partial charge in [-0.05, 0) is 39.9 Å².